The molecule has 0 aliphatic carbocycles. The fraction of sp³-hybridized carbons (Fsp3) is 0.467. The van der Waals surface area contributed by atoms with E-state index in [0.717, 1.165) is 19.4 Å². The summed E-state index contributed by atoms with van der Waals surface area (Å²) in [6.07, 6.45) is 3.05. The largest absolute Gasteiger partial charge is 0.350 e. The molecule has 1 amide bonds. The third kappa shape index (κ3) is 4.10. The van der Waals surface area contributed by atoms with Crippen molar-refractivity contribution in [3.8, 4) is 0 Å². The molecular weight excluding hydrogens is 318 g/mol. The fourth-order valence-corrected chi connectivity index (χ4v) is 2.90. The number of nitrogens with one attached hydrogen (secondary N) is 1. The summed E-state index contributed by atoms with van der Waals surface area (Å²) in [6, 6.07) is 3.81. The lowest BCUT2D eigenvalue weighted by Crippen LogP contribution is -2.48. The average molecular weight is 336 g/mol. The third-order valence-corrected chi connectivity index (χ3v) is 4.01. The molecule has 0 unspecified atom stereocenters. The Morgan fingerprint density at radius 3 is 2.83 bits per heavy atom. The predicted octanol–water partition coefficient (Wildman–Crippen LogP) is 0.732. The fourth-order valence-electron chi connectivity index (χ4n) is 2.90. The standard InChI is InChI=1S/C15H18F2N6O/c16-13-4-1-5-14(17)12(13)8-22-6-2-3-11(7-22)19-15(24)9-23-10-18-20-21-23/h1,4-5,10-11H,2-3,6-9H2,(H,19,24)/t11-/m0/s1. The topological polar surface area (TPSA) is 75.9 Å². The molecule has 3 rings (SSSR count). The van der Waals surface area contributed by atoms with Crippen LogP contribution in [0.1, 0.15) is 18.4 Å². The van der Waals surface area contributed by atoms with Crippen molar-refractivity contribution in [3.63, 3.8) is 0 Å². The minimum atomic E-state index is -0.542. The molecule has 1 aromatic carbocycles. The van der Waals surface area contributed by atoms with Gasteiger partial charge in [-0.2, -0.15) is 0 Å². The molecule has 1 atom stereocenters. The zero-order valence-electron chi connectivity index (χ0n) is 13.0. The maximum atomic E-state index is 13.8. The molecule has 1 fully saturated rings. The van der Waals surface area contributed by atoms with Crippen LogP contribution < -0.4 is 5.32 Å². The van der Waals surface area contributed by atoms with Gasteiger partial charge >= 0.3 is 0 Å². The van der Waals surface area contributed by atoms with Gasteiger partial charge in [0.1, 0.15) is 24.5 Å². The molecular formula is C15H18F2N6O. The number of aromatic nitrogens is 4. The Hall–Kier alpha value is -2.42. The zero-order chi connectivity index (χ0) is 16.9. The van der Waals surface area contributed by atoms with Crippen molar-refractivity contribution >= 4 is 5.91 Å². The maximum absolute atomic E-state index is 13.8. The number of amides is 1. The van der Waals surface area contributed by atoms with E-state index in [4.69, 9.17) is 0 Å². The minimum absolute atomic E-state index is 0.0471. The number of carbonyl (C=O) groups excluding carboxylic acids is 1. The van der Waals surface area contributed by atoms with Crippen molar-refractivity contribution in [1.82, 2.24) is 30.4 Å². The smallest absolute Gasteiger partial charge is 0.242 e. The number of piperidine rings is 1. The first-order chi connectivity index (χ1) is 11.6. The molecule has 1 aliphatic heterocycles. The summed E-state index contributed by atoms with van der Waals surface area (Å²) in [5.74, 6) is -1.27. The molecule has 0 spiro atoms. The van der Waals surface area contributed by atoms with Crippen molar-refractivity contribution in [2.24, 2.45) is 0 Å². The monoisotopic (exact) mass is 336 g/mol. The van der Waals surface area contributed by atoms with Crippen LogP contribution in [-0.4, -0.2) is 50.1 Å². The zero-order valence-corrected chi connectivity index (χ0v) is 13.0. The van der Waals surface area contributed by atoms with Crippen molar-refractivity contribution in [1.29, 1.82) is 0 Å². The second-order valence-electron chi connectivity index (χ2n) is 5.85. The first kappa shape index (κ1) is 16.4. The lowest BCUT2D eigenvalue weighted by Gasteiger charge is -2.33. The molecule has 2 heterocycles. The number of carbonyl (C=O) groups is 1. The van der Waals surface area contributed by atoms with Crippen LogP contribution in [0.15, 0.2) is 24.5 Å². The Morgan fingerprint density at radius 1 is 1.33 bits per heavy atom. The van der Waals surface area contributed by atoms with E-state index in [1.165, 1.54) is 29.2 Å². The van der Waals surface area contributed by atoms with Gasteiger partial charge in [0, 0.05) is 24.7 Å². The van der Waals surface area contributed by atoms with Crippen LogP contribution in [0.2, 0.25) is 0 Å². The minimum Gasteiger partial charge on any atom is -0.350 e. The highest BCUT2D eigenvalue weighted by Gasteiger charge is 2.23. The molecule has 2 aromatic rings. The molecule has 0 bridgehead atoms. The van der Waals surface area contributed by atoms with Gasteiger partial charge in [0.15, 0.2) is 0 Å². The number of rotatable bonds is 5. The van der Waals surface area contributed by atoms with Gasteiger partial charge in [0.05, 0.1) is 0 Å². The Kier molecular flexibility index (Phi) is 5.09. The van der Waals surface area contributed by atoms with Gasteiger partial charge in [-0.1, -0.05) is 6.07 Å². The summed E-state index contributed by atoms with van der Waals surface area (Å²) < 4.78 is 28.9. The Balaban J connectivity index is 1.55. The molecule has 128 valence electrons. The van der Waals surface area contributed by atoms with E-state index >= 15 is 0 Å². The average Bonchev–Trinajstić information content (AvgIpc) is 3.04. The molecule has 9 heteroatoms. The number of hydrogen-bond donors (Lipinski definition) is 1. The van der Waals surface area contributed by atoms with E-state index < -0.39 is 11.6 Å². The van der Waals surface area contributed by atoms with E-state index in [1.54, 1.807) is 0 Å². The third-order valence-electron chi connectivity index (χ3n) is 4.01. The van der Waals surface area contributed by atoms with Gasteiger partial charge in [-0.3, -0.25) is 9.69 Å². The normalized spacial score (nSPS) is 18.5. The summed E-state index contributed by atoms with van der Waals surface area (Å²) in [4.78, 5) is 13.9. The Morgan fingerprint density at radius 2 is 2.12 bits per heavy atom. The van der Waals surface area contributed by atoms with Crippen LogP contribution in [0.25, 0.3) is 0 Å². The number of nitrogens with zero attached hydrogens (tertiary/aromatic N) is 5. The van der Waals surface area contributed by atoms with E-state index in [1.807, 2.05) is 4.90 Å². The first-order valence-electron chi connectivity index (χ1n) is 7.77. The SMILES string of the molecule is O=C(Cn1cnnn1)N[C@H]1CCCN(Cc2c(F)cccc2F)C1. The molecule has 7 nitrogen and oxygen atoms in total. The van der Waals surface area contributed by atoms with E-state index in [2.05, 4.69) is 20.8 Å². The number of halogens is 2. The number of tetrazole rings is 1. The molecule has 0 saturated carbocycles. The molecule has 1 N–H and O–H groups in total. The highest BCUT2D eigenvalue weighted by molar-refractivity contribution is 5.75. The molecule has 1 saturated heterocycles. The van der Waals surface area contributed by atoms with Crippen molar-refractivity contribution in [2.75, 3.05) is 13.1 Å². The van der Waals surface area contributed by atoms with E-state index in [9.17, 15) is 13.6 Å². The number of likely N-dealkylation sites (tertiary alicyclic amines) is 1. The van der Waals surface area contributed by atoms with Crippen LogP contribution in [0.5, 0.6) is 0 Å². The van der Waals surface area contributed by atoms with E-state index in [0.29, 0.717) is 6.54 Å². The lowest BCUT2D eigenvalue weighted by atomic mass is 10.0. The molecule has 0 radical (unpaired) electrons. The van der Waals surface area contributed by atoms with Gasteiger partial charge in [-0.05, 0) is 41.9 Å². The van der Waals surface area contributed by atoms with Crippen LogP contribution in [-0.2, 0) is 17.9 Å². The highest BCUT2D eigenvalue weighted by atomic mass is 19.1. The second kappa shape index (κ2) is 7.43. The quantitative estimate of drug-likeness (QED) is 0.871. The summed E-state index contributed by atoms with van der Waals surface area (Å²) in [5, 5.41) is 13.5. The Labute approximate surface area is 137 Å². The van der Waals surface area contributed by atoms with Gasteiger partial charge < -0.3 is 5.32 Å². The van der Waals surface area contributed by atoms with Crippen LogP contribution >= 0.6 is 0 Å². The van der Waals surface area contributed by atoms with Crippen LogP contribution in [0.3, 0.4) is 0 Å². The van der Waals surface area contributed by atoms with E-state index in [-0.39, 0.29) is 30.6 Å². The highest BCUT2D eigenvalue weighted by Crippen LogP contribution is 2.18. The molecule has 1 aromatic heterocycles. The second-order valence-corrected chi connectivity index (χ2v) is 5.85. The maximum Gasteiger partial charge on any atom is 0.242 e. The summed E-state index contributed by atoms with van der Waals surface area (Å²) in [7, 11) is 0. The number of benzene rings is 1. The first-order valence-corrected chi connectivity index (χ1v) is 7.77. The number of hydrogen-bond acceptors (Lipinski definition) is 5. The Bertz CT molecular complexity index is 673. The molecule has 1 aliphatic rings. The van der Waals surface area contributed by atoms with Crippen molar-refractivity contribution in [3.05, 3.63) is 41.7 Å². The summed E-state index contributed by atoms with van der Waals surface area (Å²) in [6.45, 7) is 1.53. The lowest BCUT2D eigenvalue weighted by molar-refractivity contribution is -0.123. The van der Waals surface area contributed by atoms with Crippen molar-refractivity contribution in [2.45, 2.75) is 32.0 Å². The van der Waals surface area contributed by atoms with Gasteiger partial charge in [-0.15, -0.1) is 5.10 Å². The van der Waals surface area contributed by atoms with Gasteiger partial charge in [0.2, 0.25) is 5.91 Å². The van der Waals surface area contributed by atoms with Crippen LogP contribution in [0, 0.1) is 11.6 Å². The van der Waals surface area contributed by atoms with Gasteiger partial charge in [0.25, 0.3) is 0 Å². The summed E-state index contributed by atoms with van der Waals surface area (Å²) in [5.41, 5.74) is 0.0677. The van der Waals surface area contributed by atoms with Gasteiger partial charge in [-0.25, -0.2) is 13.5 Å². The van der Waals surface area contributed by atoms with Crippen LogP contribution in [0.4, 0.5) is 8.78 Å². The molecule has 24 heavy (non-hydrogen) atoms. The predicted molar refractivity (Wildman–Crippen MR) is 80.6 cm³/mol. The summed E-state index contributed by atoms with van der Waals surface area (Å²) >= 11 is 0. The van der Waals surface area contributed by atoms with Crippen molar-refractivity contribution < 1.29 is 13.6 Å².